The van der Waals surface area contributed by atoms with Crippen molar-refractivity contribution in [1.82, 2.24) is 0 Å². The molecule has 0 saturated carbocycles. The minimum Gasteiger partial charge on any atom is -0.300 e. The molecule has 0 atom stereocenters. The van der Waals surface area contributed by atoms with E-state index < -0.39 is 0 Å². The summed E-state index contributed by atoms with van der Waals surface area (Å²) in [6.07, 6.45) is 6.21. The second kappa shape index (κ2) is 6.00. The summed E-state index contributed by atoms with van der Waals surface area (Å²) < 4.78 is 0. The van der Waals surface area contributed by atoms with E-state index >= 15 is 0 Å². The first-order valence-electron chi connectivity index (χ1n) is 8.07. The number of hydrogen-bond donors (Lipinski definition) is 0. The van der Waals surface area contributed by atoms with Crippen LogP contribution < -0.4 is 0 Å². The van der Waals surface area contributed by atoms with Crippen molar-refractivity contribution in [3.8, 4) is 11.1 Å². The molecule has 0 heterocycles. The molecular formula is C22H22O. The van der Waals surface area contributed by atoms with Crippen LogP contribution in [0.3, 0.4) is 0 Å². The van der Waals surface area contributed by atoms with E-state index in [9.17, 15) is 4.79 Å². The van der Waals surface area contributed by atoms with Crippen molar-refractivity contribution in [2.75, 3.05) is 0 Å². The Morgan fingerprint density at radius 2 is 1.65 bits per heavy atom. The van der Waals surface area contributed by atoms with Crippen molar-refractivity contribution < 1.29 is 4.79 Å². The molecule has 0 aliphatic heterocycles. The van der Waals surface area contributed by atoms with Crippen LogP contribution in [0.1, 0.15) is 36.5 Å². The molecule has 2 aromatic carbocycles. The van der Waals surface area contributed by atoms with Gasteiger partial charge in [0.1, 0.15) is 5.78 Å². The SMILES string of the molecule is C=CCC1(CC=C)c2ccccc2-c2ccc(CC(C)=O)cc21. The van der Waals surface area contributed by atoms with Crippen LogP contribution in [0.25, 0.3) is 11.1 Å². The van der Waals surface area contributed by atoms with Crippen LogP contribution in [0.2, 0.25) is 0 Å². The third kappa shape index (κ3) is 2.46. The van der Waals surface area contributed by atoms with Crippen molar-refractivity contribution in [2.45, 2.75) is 31.6 Å². The first-order valence-corrected chi connectivity index (χ1v) is 8.07. The lowest BCUT2D eigenvalue weighted by Crippen LogP contribution is -2.24. The van der Waals surface area contributed by atoms with E-state index in [0.717, 1.165) is 18.4 Å². The minimum absolute atomic E-state index is 0.109. The van der Waals surface area contributed by atoms with Gasteiger partial charge in [0.2, 0.25) is 0 Å². The third-order valence-electron chi connectivity index (χ3n) is 4.77. The molecule has 0 N–H and O–H groups in total. The summed E-state index contributed by atoms with van der Waals surface area (Å²) in [7, 11) is 0. The number of carbonyl (C=O) groups is 1. The average molecular weight is 302 g/mol. The summed E-state index contributed by atoms with van der Waals surface area (Å²) in [5.41, 5.74) is 6.19. The summed E-state index contributed by atoms with van der Waals surface area (Å²) in [5.74, 6) is 0.193. The molecule has 0 spiro atoms. The van der Waals surface area contributed by atoms with Crippen molar-refractivity contribution in [3.63, 3.8) is 0 Å². The van der Waals surface area contributed by atoms with Gasteiger partial charge in [-0.25, -0.2) is 0 Å². The number of allylic oxidation sites excluding steroid dienone is 2. The zero-order chi connectivity index (χ0) is 16.4. The van der Waals surface area contributed by atoms with Crippen LogP contribution in [0, 0.1) is 0 Å². The average Bonchev–Trinajstić information content (AvgIpc) is 2.79. The maximum atomic E-state index is 11.5. The quantitative estimate of drug-likeness (QED) is 0.667. The number of hydrogen-bond acceptors (Lipinski definition) is 1. The first kappa shape index (κ1) is 15.5. The lowest BCUT2D eigenvalue weighted by Gasteiger charge is -2.30. The van der Waals surface area contributed by atoms with E-state index in [-0.39, 0.29) is 11.2 Å². The lowest BCUT2D eigenvalue weighted by molar-refractivity contribution is -0.116. The van der Waals surface area contributed by atoms with Gasteiger partial charge in [0.25, 0.3) is 0 Å². The summed E-state index contributed by atoms with van der Waals surface area (Å²) in [4.78, 5) is 11.5. The summed E-state index contributed by atoms with van der Waals surface area (Å²) in [5, 5.41) is 0. The zero-order valence-electron chi connectivity index (χ0n) is 13.6. The van der Waals surface area contributed by atoms with Gasteiger partial charge < -0.3 is 0 Å². The Morgan fingerprint density at radius 3 is 2.30 bits per heavy atom. The van der Waals surface area contributed by atoms with Crippen molar-refractivity contribution in [3.05, 3.63) is 84.5 Å². The van der Waals surface area contributed by atoms with Gasteiger partial charge in [-0.15, -0.1) is 13.2 Å². The molecule has 1 aliphatic carbocycles. The van der Waals surface area contributed by atoms with Gasteiger partial charge in [-0.1, -0.05) is 54.6 Å². The zero-order valence-corrected chi connectivity index (χ0v) is 13.6. The Bertz CT molecular complexity index is 772. The van der Waals surface area contributed by atoms with Crippen molar-refractivity contribution in [2.24, 2.45) is 0 Å². The van der Waals surface area contributed by atoms with Gasteiger partial charge in [0.15, 0.2) is 0 Å². The maximum absolute atomic E-state index is 11.5. The molecule has 1 aliphatic rings. The number of carbonyl (C=O) groups excluding carboxylic acids is 1. The van der Waals surface area contributed by atoms with E-state index in [4.69, 9.17) is 0 Å². The van der Waals surface area contributed by atoms with E-state index in [1.54, 1.807) is 6.92 Å². The lowest BCUT2D eigenvalue weighted by atomic mass is 9.72. The van der Waals surface area contributed by atoms with Gasteiger partial charge in [-0.2, -0.15) is 0 Å². The highest BCUT2D eigenvalue weighted by molar-refractivity contribution is 5.83. The normalized spacial score (nSPS) is 14.0. The van der Waals surface area contributed by atoms with Crippen LogP contribution in [0.5, 0.6) is 0 Å². The van der Waals surface area contributed by atoms with Gasteiger partial charge in [0, 0.05) is 11.8 Å². The fourth-order valence-electron chi connectivity index (χ4n) is 3.92. The summed E-state index contributed by atoms with van der Waals surface area (Å²) in [6.45, 7) is 9.60. The monoisotopic (exact) mass is 302 g/mol. The molecule has 0 saturated heterocycles. The number of ketones is 1. The molecule has 1 nitrogen and oxygen atoms in total. The Balaban J connectivity index is 2.25. The molecule has 1 heteroatoms. The molecule has 0 radical (unpaired) electrons. The maximum Gasteiger partial charge on any atom is 0.134 e. The Morgan fingerprint density at radius 1 is 1.00 bits per heavy atom. The van der Waals surface area contributed by atoms with E-state index in [2.05, 4.69) is 55.6 Å². The van der Waals surface area contributed by atoms with Crippen molar-refractivity contribution >= 4 is 5.78 Å². The van der Waals surface area contributed by atoms with Crippen LogP contribution in [-0.2, 0) is 16.6 Å². The smallest absolute Gasteiger partial charge is 0.134 e. The predicted molar refractivity (Wildman–Crippen MR) is 96.7 cm³/mol. The fourth-order valence-corrected chi connectivity index (χ4v) is 3.92. The van der Waals surface area contributed by atoms with Gasteiger partial charge >= 0.3 is 0 Å². The minimum atomic E-state index is -0.109. The predicted octanol–water partition coefficient (Wildman–Crippen LogP) is 5.24. The molecule has 0 amide bonds. The van der Waals surface area contributed by atoms with Gasteiger partial charge in [-0.05, 0) is 47.6 Å². The van der Waals surface area contributed by atoms with Crippen LogP contribution >= 0.6 is 0 Å². The highest BCUT2D eigenvalue weighted by atomic mass is 16.1. The summed E-state index contributed by atoms with van der Waals surface area (Å²) >= 11 is 0. The highest BCUT2D eigenvalue weighted by Gasteiger charge is 2.41. The summed E-state index contributed by atoms with van der Waals surface area (Å²) in [6, 6.07) is 15.0. The molecule has 0 fully saturated rings. The fraction of sp³-hybridized carbons (Fsp3) is 0.227. The molecule has 23 heavy (non-hydrogen) atoms. The van der Waals surface area contributed by atoms with E-state index in [0.29, 0.717) is 6.42 Å². The van der Waals surface area contributed by atoms with E-state index in [1.807, 2.05) is 12.2 Å². The Labute approximate surface area is 138 Å². The van der Waals surface area contributed by atoms with E-state index in [1.165, 1.54) is 22.3 Å². The topological polar surface area (TPSA) is 17.1 Å². The number of benzene rings is 2. The molecule has 116 valence electrons. The first-order chi connectivity index (χ1) is 11.1. The molecule has 0 aromatic heterocycles. The second-order valence-electron chi connectivity index (χ2n) is 6.37. The van der Waals surface area contributed by atoms with Crippen LogP contribution in [0.4, 0.5) is 0 Å². The molecule has 0 bridgehead atoms. The van der Waals surface area contributed by atoms with Crippen LogP contribution in [0.15, 0.2) is 67.8 Å². The Kier molecular flexibility index (Phi) is 4.04. The number of rotatable bonds is 6. The molecule has 0 unspecified atom stereocenters. The third-order valence-corrected chi connectivity index (χ3v) is 4.77. The highest BCUT2D eigenvalue weighted by Crippen LogP contribution is 2.53. The van der Waals surface area contributed by atoms with Gasteiger partial charge in [-0.3, -0.25) is 4.79 Å². The standard InChI is InChI=1S/C22H22O/c1-4-12-22(13-5-2)20-9-7-6-8-18(20)19-11-10-17(14-16(3)23)15-21(19)22/h4-11,15H,1-2,12-14H2,3H3. The number of Topliss-reactive ketones (excluding diaryl/α,β-unsaturated/α-hetero) is 1. The van der Waals surface area contributed by atoms with Crippen LogP contribution in [-0.4, -0.2) is 5.78 Å². The Hall–Kier alpha value is -2.41. The van der Waals surface area contributed by atoms with Gasteiger partial charge in [0.05, 0.1) is 0 Å². The molecule has 3 rings (SSSR count). The largest absolute Gasteiger partial charge is 0.300 e. The number of fused-ring (bicyclic) bond motifs is 3. The molecule has 2 aromatic rings. The molecular weight excluding hydrogens is 280 g/mol. The second-order valence-corrected chi connectivity index (χ2v) is 6.37. The van der Waals surface area contributed by atoms with Crippen molar-refractivity contribution in [1.29, 1.82) is 0 Å².